The summed E-state index contributed by atoms with van der Waals surface area (Å²) < 4.78 is 0. The number of hydrogen-bond acceptors (Lipinski definition) is 2. The molecule has 0 saturated carbocycles. The fourth-order valence-electron chi connectivity index (χ4n) is 4.76. The molecule has 0 fully saturated rings. The predicted molar refractivity (Wildman–Crippen MR) is 129 cm³/mol. The summed E-state index contributed by atoms with van der Waals surface area (Å²) in [5.74, 6) is 0.135. The molecule has 1 unspecified atom stereocenters. The summed E-state index contributed by atoms with van der Waals surface area (Å²) in [4.78, 5) is 12.8. The molecule has 0 heterocycles. The van der Waals surface area contributed by atoms with Crippen molar-refractivity contribution in [3.8, 4) is 0 Å². The van der Waals surface area contributed by atoms with Crippen LogP contribution in [-0.4, -0.2) is 19.0 Å². The van der Waals surface area contributed by atoms with E-state index in [1.54, 1.807) is 6.20 Å². The summed E-state index contributed by atoms with van der Waals surface area (Å²) in [5.41, 5.74) is 7.25. The van der Waals surface area contributed by atoms with Crippen LogP contribution in [0.25, 0.3) is 5.57 Å². The molecule has 3 nitrogen and oxygen atoms in total. The van der Waals surface area contributed by atoms with Gasteiger partial charge in [-0.2, -0.15) is 0 Å². The van der Waals surface area contributed by atoms with Crippen molar-refractivity contribution < 1.29 is 4.79 Å². The van der Waals surface area contributed by atoms with Crippen LogP contribution in [0.5, 0.6) is 0 Å². The fraction of sp³-hybridized carbons (Fsp3) is 0.519. The molecule has 0 aromatic heterocycles. The number of nitrogens with one attached hydrogen (secondary N) is 2. The monoisotopic (exact) mass is 408 g/mol. The van der Waals surface area contributed by atoms with E-state index in [1.807, 2.05) is 6.92 Å². The highest BCUT2D eigenvalue weighted by atomic mass is 16.1. The minimum Gasteiger partial charge on any atom is -0.391 e. The number of amides is 1. The van der Waals surface area contributed by atoms with E-state index < -0.39 is 0 Å². The van der Waals surface area contributed by atoms with Gasteiger partial charge in [-0.05, 0) is 94.0 Å². The van der Waals surface area contributed by atoms with Gasteiger partial charge in [0.05, 0.1) is 0 Å². The molecule has 0 saturated heterocycles. The Morgan fingerprint density at radius 2 is 1.87 bits per heavy atom. The van der Waals surface area contributed by atoms with Crippen molar-refractivity contribution in [3.05, 3.63) is 65.4 Å². The molecule has 2 rings (SSSR count). The first-order chi connectivity index (χ1) is 14.3. The lowest BCUT2D eigenvalue weighted by Crippen LogP contribution is -2.36. The normalized spacial score (nSPS) is 16.0. The molecule has 0 radical (unpaired) electrons. The highest BCUT2D eigenvalue weighted by molar-refractivity contribution is 5.94. The van der Waals surface area contributed by atoms with Crippen molar-refractivity contribution in [2.75, 3.05) is 13.1 Å². The van der Waals surface area contributed by atoms with Crippen LogP contribution in [0.15, 0.2) is 48.7 Å². The van der Waals surface area contributed by atoms with E-state index in [4.69, 9.17) is 0 Å². The van der Waals surface area contributed by atoms with Crippen LogP contribution in [0.4, 0.5) is 0 Å². The highest BCUT2D eigenvalue weighted by Gasteiger charge is 2.31. The van der Waals surface area contributed by atoms with Gasteiger partial charge in [0.2, 0.25) is 5.91 Å². The number of hydrogen-bond donors (Lipinski definition) is 2. The molecule has 1 amide bonds. The van der Waals surface area contributed by atoms with E-state index in [9.17, 15) is 4.79 Å². The van der Waals surface area contributed by atoms with Gasteiger partial charge in [0.1, 0.15) is 0 Å². The van der Waals surface area contributed by atoms with Crippen LogP contribution in [-0.2, 0) is 10.2 Å². The lowest BCUT2D eigenvalue weighted by molar-refractivity contribution is -0.117. The SMILES string of the molecule is C=CNCCC(CC)(CCNC(=O)C1=C(C)CCCC1)c1ccc(C(=C)C)cc1C. The van der Waals surface area contributed by atoms with Crippen molar-refractivity contribution in [2.24, 2.45) is 0 Å². The third-order valence-corrected chi connectivity index (χ3v) is 6.77. The quantitative estimate of drug-likeness (QED) is 0.428. The molecule has 2 N–H and O–H groups in total. The Kier molecular flexibility index (Phi) is 8.95. The van der Waals surface area contributed by atoms with Gasteiger partial charge in [-0.25, -0.2) is 0 Å². The number of allylic oxidation sites excluding steroid dienone is 2. The standard InChI is InChI=1S/C27H40N2O/c1-7-27(15-17-28-8-2,25-14-13-23(20(3)4)19-22(25)6)16-18-29-26(30)24-12-10-9-11-21(24)5/h8,13-14,19,28H,2-3,7,9-12,15-18H2,1,4-6H3,(H,29,30). The van der Waals surface area contributed by atoms with Crippen LogP contribution in [0.2, 0.25) is 0 Å². The number of carbonyl (C=O) groups excluding carboxylic acids is 1. The van der Waals surface area contributed by atoms with Crippen LogP contribution in [0.1, 0.15) is 82.4 Å². The maximum Gasteiger partial charge on any atom is 0.247 e. The molecular formula is C27H40N2O. The first kappa shape index (κ1) is 24.0. The minimum atomic E-state index is 0.0109. The Balaban J connectivity index is 2.20. The van der Waals surface area contributed by atoms with E-state index >= 15 is 0 Å². The van der Waals surface area contributed by atoms with Gasteiger partial charge in [0.25, 0.3) is 0 Å². The average molecular weight is 409 g/mol. The van der Waals surface area contributed by atoms with E-state index in [1.165, 1.54) is 28.7 Å². The molecule has 1 aromatic rings. The molecule has 0 spiro atoms. The average Bonchev–Trinajstić information content (AvgIpc) is 2.73. The molecule has 1 aromatic carbocycles. The van der Waals surface area contributed by atoms with E-state index in [2.05, 4.69) is 62.8 Å². The largest absolute Gasteiger partial charge is 0.391 e. The first-order valence-corrected chi connectivity index (χ1v) is 11.4. The Morgan fingerprint density at radius 3 is 2.47 bits per heavy atom. The topological polar surface area (TPSA) is 41.1 Å². The van der Waals surface area contributed by atoms with Crippen LogP contribution in [0, 0.1) is 6.92 Å². The zero-order valence-corrected chi connectivity index (χ0v) is 19.5. The molecule has 1 atom stereocenters. The fourth-order valence-corrected chi connectivity index (χ4v) is 4.76. The number of benzene rings is 1. The molecule has 1 aliphatic carbocycles. The third kappa shape index (κ3) is 5.87. The second kappa shape index (κ2) is 11.2. The Morgan fingerprint density at radius 1 is 1.17 bits per heavy atom. The molecule has 1 aliphatic rings. The van der Waals surface area contributed by atoms with E-state index in [-0.39, 0.29) is 11.3 Å². The van der Waals surface area contributed by atoms with Crippen molar-refractivity contribution in [2.45, 2.75) is 78.1 Å². The molecular weight excluding hydrogens is 368 g/mol. The van der Waals surface area contributed by atoms with Crippen molar-refractivity contribution in [1.29, 1.82) is 0 Å². The molecule has 0 aliphatic heterocycles. The number of rotatable bonds is 11. The molecule has 0 bridgehead atoms. The summed E-state index contributed by atoms with van der Waals surface area (Å²) in [6.45, 7) is 18.1. The minimum absolute atomic E-state index is 0.0109. The van der Waals surface area contributed by atoms with Crippen molar-refractivity contribution in [3.63, 3.8) is 0 Å². The van der Waals surface area contributed by atoms with Crippen molar-refractivity contribution in [1.82, 2.24) is 10.6 Å². The maximum atomic E-state index is 12.8. The van der Waals surface area contributed by atoms with Gasteiger partial charge in [-0.1, -0.05) is 49.4 Å². The lowest BCUT2D eigenvalue weighted by atomic mass is 9.71. The van der Waals surface area contributed by atoms with E-state index in [0.29, 0.717) is 6.54 Å². The van der Waals surface area contributed by atoms with Gasteiger partial charge in [0.15, 0.2) is 0 Å². The molecule has 164 valence electrons. The zero-order chi connectivity index (χ0) is 22.1. The van der Waals surface area contributed by atoms with Crippen LogP contribution in [0.3, 0.4) is 0 Å². The Labute approximate surface area is 183 Å². The molecule has 3 heteroatoms. The van der Waals surface area contributed by atoms with Gasteiger partial charge in [0, 0.05) is 18.7 Å². The van der Waals surface area contributed by atoms with Crippen molar-refractivity contribution >= 4 is 11.5 Å². The Bertz CT molecular complexity index is 805. The summed E-state index contributed by atoms with van der Waals surface area (Å²) in [6, 6.07) is 6.70. The van der Waals surface area contributed by atoms with E-state index in [0.717, 1.165) is 56.2 Å². The lowest BCUT2D eigenvalue weighted by Gasteiger charge is -2.35. The first-order valence-electron chi connectivity index (χ1n) is 11.4. The summed E-state index contributed by atoms with van der Waals surface area (Å²) >= 11 is 0. The summed E-state index contributed by atoms with van der Waals surface area (Å²) in [7, 11) is 0. The van der Waals surface area contributed by atoms with Gasteiger partial charge in [-0.3, -0.25) is 4.79 Å². The Hall–Kier alpha value is -2.29. The van der Waals surface area contributed by atoms with Gasteiger partial charge in [-0.15, -0.1) is 0 Å². The third-order valence-electron chi connectivity index (χ3n) is 6.77. The predicted octanol–water partition coefficient (Wildman–Crippen LogP) is 6.20. The highest BCUT2D eigenvalue weighted by Crippen LogP contribution is 2.38. The van der Waals surface area contributed by atoms with Crippen LogP contribution < -0.4 is 10.6 Å². The number of aryl methyl sites for hydroxylation is 1. The maximum absolute atomic E-state index is 12.8. The molecule has 30 heavy (non-hydrogen) atoms. The summed E-state index contributed by atoms with van der Waals surface area (Å²) in [5, 5.41) is 6.50. The zero-order valence-electron chi connectivity index (χ0n) is 19.5. The van der Waals surface area contributed by atoms with Crippen LogP contribution >= 0.6 is 0 Å². The second-order valence-electron chi connectivity index (χ2n) is 8.82. The number of carbonyl (C=O) groups is 1. The van der Waals surface area contributed by atoms with Gasteiger partial charge < -0.3 is 10.6 Å². The second-order valence-corrected chi connectivity index (χ2v) is 8.82. The van der Waals surface area contributed by atoms with Gasteiger partial charge >= 0.3 is 0 Å². The summed E-state index contributed by atoms with van der Waals surface area (Å²) in [6.07, 6.45) is 9.02. The smallest absolute Gasteiger partial charge is 0.247 e.